The van der Waals surface area contributed by atoms with Crippen LogP contribution in [0.1, 0.15) is 6.42 Å². The zero-order valence-electron chi connectivity index (χ0n) is 13.7. The molecule has 1 saturated heterocycles. The van der Waals surface area contributed by atoms with Gasteiger partial charge in [-0.2, -0.15) is 16.9 Å². The first kappa shape index (κ1) is 18.7. The van der Waals surface area contributed by atoms with Gasteiger partial charge in [0, 0.05) is 11.8 Å². The van der Waals surface area contributed by atoms with Crippen molar-refractivity contribution in [1.82, 2.24) is 9.62 Å². The van der Waals surface area contributed by atoms with Crippen LogP contribution in [-0.4, -0.2) is 54.1 Å². The van der Waals surface area contributed by atoms with E-state index < -0.39 is 34.5 Å². The van der Waals surface area contributed by atoms with Crippen LogP contribution in [0.4, 0.5) is 0 Å². The quantitative estimate of drug-likeness (QED) is 0.659. The van der Waals surface area contributed by atoms with Gasteiger partial charge in [-0.05, 0) is 29.3 Å². The maximum atomic E-state index is 13.1. The average Bonchev–Trinajstić information content (AvgIpc) is 3.02. The van der Waals surface area contributed by atoms with Gasteiger partial charge in [0.25, 0.3) is 0 Å². The number of benzene rings is 2. The molecule has 0 radical (unpaired) electrons. The molecule has 1 aliphatic heterocycles. The Morgan fingerprint density at radius 3 is 2.58 bits per heavy atom. The van der Waals surface area contributed by atoms with Crippen LogP contribution in [0.3, 0.4) is 0 Å². The van der Waals surface area contributed by atoms with Crippen molar-refractivity contribution >= 4 is 45.3 Å². The molecule has 0 bridgehead atoms. The molecule has 26 heavy (non-hydrogen) atoms. The van der Waals surface area contributed by atoms with Crippen molar-refractivity contribution in [3.63, 3.8) is 0 Å². The fraction of sp³-hybridized carbons (Fsp3) is 0.294. The lowest BCUT2D eigenvalue weighted by Gasteiger charge is -2.23. The molecular weight excluding hydrogens is 376 g/mol. The van der Waals surface area contributed by atoms with Crippen molar-refractivity contribution < 1.29 is 23.1 Å². The van der Waals surface area contributed by atoms with Crippen molar-refractivity contribution in [1.29, 1.82) is 0 Å². The van der Waals surface area contributed by atoms with E-state index in [-0.39, 0.29) is 23.1 Å². The van der Waals surface area contributed by atoms with Crippen molar-refractivity contribution in [3.05, 3.63) is 42.5 Å². The molecule has 3 rings (SSSR count). The van der Waals surface area contributed by atoms with E-state index in [4.69, 9.17) is 5.11 Å². The van der Waals surface area contributed by atoms with Gasteiger partial charge in [-0.1, -0.05) is 30.3 Å². The number of carboxylic acids is 1. The van der Waals surface area contributed by atoms with E-state index in [1.165, 1.54) is 6.07 Å². The van der Waals surface area contributed by atoms with Crippen molar-refractivity contribution in [2.75, 3.05) is 13.1 Å². The van der Waals surface area contributed by atoms with Crippen LogP contribution in [0.2, 0.25) is 0 Å². The number of amides is 1. The van der Waals surface area contributed by atoms with Crippen LogP contribution in [0.15, 0.2) is 47.4 Å². The van der Waals surface area contributed by atoms with Crippen LogP contribution >= 0.6 is 12.6 Å². The Bertz CT molecular complexity index is 961. The summed E-state index contributed by atoms with van der Waals surface area (Å²) in [5.41, 5.74) is 0. The predicted octanol–water partition coefficient (Wildman–Crippen LogP) is 1.10. The van der Waals surface area contributed by atoms with Gasteiger partial charge in [0.15, 0.2) is 0 Å². The first-order chi connectivity index (χ1) is 12.3. The SMILES string of the molecule is O=C(O)CNC(=O)C1CC(S)CN1S(=O)(=O)c1ccc2ccccc2c1. The normalized spacial score (nSPS) is 21.0. The molecule has 2 unspecified atom stereocenters. The van der Waals surface area contributed by atoms with Gasteiger partial charge in [0.05, 0.1) is 4.90 Å². The molecule has 2 N–H and O–H groups in total. The number of aliphatic carboxylic acids is 1. The summed E-state index contributed by atoms with van der Waals surface area (Å²) >= 11 is 4.32. The zero-order chi connectivity index (χ0) is 18.9. The second kappa shape index (κ2) is 7.26. The number of sulfonamides is 1. The second-order valence-electron chi connectivity index (χ2n) is 6.10. The van der Waals surface area contributed by atoms with Crippen molar-refractivity contribution in [2.24, 2.45) is 0 Å². The summed E-state index contributed by atoms with van der Waals surface area (Å²) in [4.78, 5) is 23.0. The maximum absolute atomic E-state index is 13.1. The fourth-order valence-electron chi connectivity index (χ4n) is 3.03. The summed E-state index contributed by atoms with van der Waals surface area (Å²) in [5.74, 6) is -1.82. The van der Waals surface area contributed by atoms with E-state index in [1.54, 1.807) is 12.1 Å². The minimum absolute atomic E-state index is 0.0867. The van der Waals surface area contributed by atoms with Crippen LogP contribution < -0.4 is 5.32 Å². The summed E-state index contributed by atoms with van der Waals surface area (Å²) in [5, 5.41) is 12.3. The topological polar surface area (TPSA) is 104 Å². The fourth-order valence-corrected chi connectivity index (χ4v) is 5.20. The summed E-state index contributed by atoms with van der Waals surface area (Å²) in [6.07, 6.45) is 0.224. The molecular formula is C17H18N2O5S2. The Hall–Kier alpha value is -2.10. The highest BCUT2D eigenvalue weighted by molar-refractivity contribution is 7.89. The third-order valence-electron chi connectivity index (χ3n) is 4.28. The van der Waals surface area contributed by atoms with E-state index >= 15 is 0 Å². The Morgan fingerprint density at radius 2 is 1.88 bits per heavy atom. The molecule has 0 aromatic heterocycles. The summed E-state index contributed by atoms with van der Waals surface area (Å²) in [6.45, 7) is -0.472. The molecule has 1 fully saturated rings. The Kier molecular flexibility index (Phi) is 5.22. The number of carbonyl (C=O) groups is 2. The molecule has 2 aromatic rings. The minimum atomic E-state index is -3.92. The van der Waals surface area contributed by atoms with Crippen LogP contribution in [0.5, 0.6) is 0 Å². The van der Waals surface area contributed by atoms with Gasteiger partial charge in [-0.3, -0.25) is 9.59 Å². The lowest BCUT2D eigenvalue weighted by atomic mass is 10.1. The summed E-state index contributed by atoms with van der Waals surface area (Å²) in [6, 6.07) is 11.2. The lowest BCUT2D eigenvalue weighted by Crippen LogP contribution is -2.46. The number of nitrogens with zero attached hydrogens (tertiary/aromatic N) is 1. The minimum Gasteiger partial charge on any atom is -0.480 e. The first-order valence-corrected chi connectivity index (χ1v) is 9.93. The largest absolute Gasteiger partial charge is 0.480 e. The van der Waals surface area contributed by atoms with E-state index in [9.17, 15) is 18.0 Å². The van der Waals surface area contributed by atoms with Gasteiger partial charge in [-0.25, -0.2) is 8.42 Å². The molecule has 1 aliphatic rings. The summed E-state index contributed by atoms with van der Waals surface area (Å²) in [7, 11) is -3.92. The Morgan fingerprint density at radius 1 is 1.19 bits per heavy atom. The third kappa shape index (κ3) is 3.69. The monoisotopic (exact) mass is 394 g/mol. The Labute approximate surface area is 156 Å². The summed E-state index contributed by atoms with van der Waals surface area (Å²) < 4.78 is 27.2. The molecule has 7 nitrogen and oxygen atoms in total. The number of hydrogen-bond acceptors (Lipinski definition) is 5. The number of hydrogen-bond donors (Lipinski definition) is 3. The second-order valence-corrected chi connectivity index (χ2v) is 8.72. The molecule has 0 saturated carbocycles. The molecule has 138 valence electrons. The van der Waals surface area contributed by atoms with Crippen LogP contribution in [0.25, 0.3) is 10.8 Å². The molecule has 0 spiro atoms. The number of thiol groups is 1. The number of nitrogens with one attached hydrogen (secondary N) is 1. The van der Waals surface area contributed by atoms with Crippen molar-refractivity contribution in [3.8, 4) is 0 Å². The van der Waals surface area contributed by atoms with Crippen LogP contribution in [-0.2, 0) is 19.6 Å². The maximum Gasteiger partial charge on any atom is 0.322 e. The molecule has 0 aliphatic carbocycles. The molecule has 2 aromatic carbocycles. The zero-order valence-corrected chi connectivity index (χ0v) is 15.4. The number of carbonyl (C=O) groups excluding carboxylic acids is 1. The smallest absolute Gasteiger partial charge is 0.322 e. The van der Waals surface area contributed by atoms with Gasteiger partial charge < -0.3 is 10.4 Å². The van der Waals surface area contributed by atoms with E-state index in [0.29, 0.717) is 0 Å². The van der Waals surface area contributed by atoms with Gasteiger partial charge >= 0.3 is 5.97 Å². The number of fused-ring (bicyclic) bond motifs is 1. The van der Waals surface area contributed by atoms with Gasteiger partial charge in [0.2, 0.25) is 15.9 Å². The van der Waals surface area contributed by atoms with E-state index in [2.05, 4.69) is 17.9 Å². The number of rotatable bonds is 5. The molecule has 1 heterocycles. The molecule has 9 heteroatoms. The van der Waals surface area contributed by atoms with E-state index in [0.717, 1.165) is 15.1 Å². The van der Waals surface area contributed by atoms with Crippen LogP contribution in [0, 0.1) is 0 Å². The number of carboxylic acid groups (broad SMARTS) is 1. The highest BCUT2D eigenvalue weighted by Crippen LogP contribution is 2.30. The first-order valence-electron chi connectivity index (χ1n) is 7.97. The van der Waals surface area contributed by atoms with Gasteiger partial charge in [0.1, 0.15) is 12.6 Å². The van der Waals surface area contributed by atoms with Crippen molar-refractivity contribution in [2.45, 2.75) is 22.6 Å². The molecule has 2 atom stereocenters. The lowest BCUT2D eigenvalue weighted by molar-refractivity contribution is -0.138. The average molecular weight is 394 g/mol. The highest BCUT2D eigenvalue weighted by atomic mass is 32.2. The third-order valence-corrected chi connectivity index (χ3v) is 6.52. The van der Waals surface area contributed by atoms with E-state index in [1.807, 2.05) is 24.3 Å². The predicted molar refractivity (Wildman–Crippen MR) is 99.7 cm³/mol. The van der Waals surface area contributed by atoms with Gasteiger partial charge in [-0.15, -0.1) is 0 Å². The Balaban J connectivity index is 1.92. The standard InChI is InChI=1S/C17H18N2O5S2/c20-16(21)9-18-17(22)15-8-13(25)10-19(15)26(23,24)14-6-5-11-3-1-2-4-12(11)7-14/h1-7,13,15,25H,8-10H2,(H,18,22)(H,20,21). The highest BCUT2D eigenvalue weighted by Gasteiger charge is 2.42. The molecule has 1 amide bonds.